The van der Waals surface area contributed by atoms with Gasteiger partial charge < -0.3 is 19.6 Å². The number of nitrogens with one attached hydrogen (secondary N) is 2. The molecule has 0 spiro atoms. The average Bonchev–Trinajstić information content (AvgIpc) is 3.35. The number of pyridine rings is 1. The van der Waals surface area contributed by atoms with E-state index in [4.69, 9.17) is 0 Å². The molecule has 0 bridgehead atoms. The summed E-state index contributed by atoms with van der Waals surface area (Å²) in [5.74, 6) is 1.41. The number of anilines is 1. The van der Waals surface area contributed by atoms with Gasteiger partial charge in [0, 0.05) is 49.5 Å². The zero-order valence-electron chi connectivity index (χ0n) is 14.0. The van der Waals surface area contributed by atoms with Crippen LogP contribution in [0.3, 0.4) is 0 Å². The number of carbonyl (C=O) groups is 1. The second-order valence-corrected chi connectivity index (χ2v) is 5.80. The van der Waals surface area contributed by atoms with Crippen LogP contribution in [0.25, 0.3) is 11.3 Å². The van der Waals surface area contributed by atoms with Gasteiger partial charge in [-0.15, -0.1) is 0 Å². The van der Waals surface area contributed by atoms with Gasteiger partial charge >= 0.3 is 0 Å². The predicted molar refractivity (Wildman–Crippen MR) is 99.6 cm³/mol. The van der Waals surface area contributed by atoms with Crippen LogP contribution >= 0.6 is 0 Å². The van der Waals surface area contributed by atoms with Gasteiger partial charge in [-0.3, -0.25) is 4.79 Å². The monoisotopic (exact) mass is 346 g/mol. The van der Waals surface area contributed by atoms with Crippen molar-refractivity contribution < 1.29 is 4.79 Å². The fourth-order valence-electron chi connectivity index (χ4n) is 2.72. The number of amides is 1. The van der Waals surface area contributed by atoms with Crippen molar-refractivity contribution in [3.63, 3.8) is 0 Å². The summed E-state index contributed by atoms with van der Waals surface area (Å²) in [7, 11) is 0. The lowest BCUT2D eigenvalue weighted by Gasteiger charge is -2.08. The molecule has 4 heterocycles. The fraction of sp³-hybridized carbons (Fsp3) is 0.105. The van der Waals surface area contributed by atoms with Gasteiger partial charge in [0.25, 0.3) is 5.91 Å². The maximum absolute atomic E-state index is 12.3. The van der Waals surface area contributed by atoms with Crippen molar-refractivity contribution in [3.05, 3.63) is 79.1 Å². The van der Waals surface area contributed by atoms with Gasteiger partial charge in [0.2, 0.25) is 0 Å². The van der Waals surface area contributed by atoms with Crippen LogP contribution in [-0.2, 0) is 0 Å². The molecule has 0 saturated heterocycles. The van der Waals surface area contributed by atoms with Crippen LogP contribution in [0.4, 0.5) is 5.82 Å². The summed E-state index contributed by atoms with van der Waals surface area (Å²) < 4.78 is 3.84. The van der Waals surface area contributed by atoms with Crippen molar-refractivity contribution in [2.45, 2.75) is 0 Å². The van der Waals surface area contributed by atoms with Gasteiger partial charge in [-0.2, -0.15) is 0 Å². The van der Waals surface area contributed by atoms with E-state index in [2.05, 4.69) is 20.6 Å². The molecule has 0 radical (unpaired) electrons. The molecule has 0 aromatic carbocycles. The van der Waals surface area contributed by atoms with Gasteiger partial charge in [0.15, 0.2) is 0 Å². The topological polar surface area (TPSA) is 76.2 Å². The van der Waals surface area contributed by atoms with Crippen molar-refractivity contribution >= 4 is 17.2 Å². The van der Waals surface area contributed by atoms with Gasteiger partial charge in [0.1, 0.15) is 18.0 Å². The normalized spacial score (nSPS) is 10.8. The first-order valence-corrected chi connectivity index (χ1v) is 8.34. The third kappa shape index (κ3) is 3.41. The fourth-order valence-corrected chi connectivity index (χ4v) is 2.72. The Morgan fingerprint density at radius 3 is 2.69 bits per heavy atom. The highest BCUT2D eigenvalue weighted by molar-refractivity contribution is 5.95. The smallest absolute Gasteiger partial charge is 0.252 e. The number of fused-ring (bicyclic) bond motifs is 1. The molecule has 0 fully saturated rings. The summed E-state index contributed by atoms with van der Waals surface area (Å²) in [6, 6.07) is 13.5. The van der Waals surface area contributed by atoms with Crippen LogP contribution in [0.2, 0.25) is 0 Å². The molecule has 7 nitrogen and oxygen atoms in total. The molecule has 0 aliphatic heterocycles. The SMILES string of the molecule is O=C(NCCNc1cc(-n2cccc2)ncn1)c1cc2ccccn2c1. The Bertz CT molecular complexity index is 988. The number of rotatable bonds is 6. The van der Waals surface area contributed by atoms with E-state index in [9.17, 15) is 4.79 Å². The molecule has 0 unspecified atom stereocenters. The molecule has 4 aromatic heterocycles. The molecular weight excluding hydrogens is 328 g/mol. The summed E-state index contributed by atoms with van der Waals surface area (Å²) in [5, 5.41) is 6.10. The van der Waals surface area contributed by atoms with Crippen LogP contribution in [0.1, 0.15) is 10.4 Å². The summed E-state index contributed by atoms with van der Waals surface area (Å²) in [4.78, 5) is 20.7. The maximum Gasteiger partial charge on any atom is 0.252 e. The molecule has 1 amide bonds. The minimum absolute atomic E-state index is 0.0915. The number of hydrogen-bond donors (Lipinski definition) is 2. The van der Waals surface area contributed by atoms with E-state index in [1.807, 2.05) is 76.2 Å². The van der Waals surface area contributed by atoms with E-state index in [-0.39, 0.29) is 5.91 Å². The van der Waals surface area contributed by atoms with E-state index in [1.54, 1.807) is 0 Å². The quantitative estimate of drug-likeness (QED) is 0.526. The third-order valence-corrected chi connectivity index (χ3v) is 4.00. The van der Waals surface area contributed by atoms with E-state index < -0.39 is 0 Å². The predicted octanol–water partition coefficient (Wildman–Crippen LogP) is 2.36. The average molecular weight is 346 g/mol. The molecule has 4 aromatic rings. The van der Waals surface area contributed by atoms with E-state index in [0.29, 0.717) is 24.5 Å². The maximum atomic E-state index is 12.3. The van der Waals surface area contributed by atoms with Crippen molar-refractivity contribution in [3.8, 4) is 5.82 Å². The number of hydrogen-bond acceptors (Lipinski definition) is 4. The van der Waals surface area contributed by atoms with E-state index >= 15 is 0 Å². The summed E-state index contributed by atoms with van der Waals surface area (Å²) in [5.41, 5.74) is 1.64. The zero-order valence-corrected chi connectivity index (χ0v) is 14.0. The summed E-state index contributed by atoms with van der Waals surface area (Å²) in [6.07, 6.45) is 9.11. The van der Waals surface area contributed by atoms with Crippen LogP contribution in [-0.4, -0.2) is 37.9 Å². The zero-order chi connectivity index (χ0) is 17.8. The lowest BCUT2D eigenvalue weighted by molar-refractivity contribution is 0.0955. The molecule has 0 saturated carbocycles. The van der Waals surface area contributed by atoms with Gasteiger partial charge in [-0.1, -0.05) is 6.07 Å². The van der Waals surface area contributed by atoms with Gasteiger partial charge in [-0.05, 0) is 30.3 Å². The molecule has 130 valence electrons. The van der Waals surface area contributed by atoms with Crippen molar-refractivity contribution in [2.24, 2.45) is 0 Å². The lowest BCUT2D eigenvalue weighted by Crippen LogP contribution is -2.28. The van der Waals surface area contributed by atoms with Crippen LogP contribution in [0.5, 0.6) is 0 Å². The first-order chi connectivity index (χ1) is 12.8. The van der Waals surface area contributed by atoms with E-state index in [0.717, 1.165) is 11.3 Å². The number of carbonyl (C=O) groups excluding carboxylic acids is 1. The van der Waals surface area contributed by atoms with Crippen LogP contribution < -0.4 is 10.6 Å². The van der Waals surface area contributed by atoms with Gasteiger partial charge in [-0.25, -0.2) is 9.97 Å². The highest BCUT2D eigenvalue weighted by Gasteiger charge is 2.08. The van der Waals surface area contributed by atoms with E-state index in [1.165, 1.54) is 6.33 Å². The Balaban J connectivity index is 1.31. The van der Waals surface area contributed by atoms with Crippen LogP contribution in [0, 0.1) is 0 Å². The molecule has 26 heavy (non-hydrogen) atoms. The first kappa shape index (κ1) is 15.9. The largest absolute Gasteiger partial charge is 0.368 e. The van der Waals surface area contributed by atoms with Crippen molar-refractivity contribution in [1.29, 1.82) is 0 Å². The minimum Gasteiger partial charge on any atom is -0.368 e. The molecular formula is C19H18N6O. The van der Waals surface area contributed by atoms with Crippen molar-refractivity contribution in [2.75, 3.05) is 18.4 Å². The number of nitrogens with zero attached hydrogens (tertiary/aromatic N) is 4. The second kappa shape index (κ2) is 7.10. The highest BCUT2D eigenvalue weighted by Crippen LogP contribution is 2.10. The molecule has 7 heteroatoms. The molecule has 0 aliphatic carbocycles. The highest BCUT2D eigenvalue weighted by atomic mass is 16.1. The molecule has 0 aliphatic rings. The summed E-state index contributed by atoms with van der Waals surface area (Å²) >= 11 is 0. The Kier molecular flexibility index (Phi) is 4.34. The third-order valence-electron chi connectivity index (χ3n) is 4.00. The van der Waals surface area contributed by atoms with Crippen LogP contribution in [0.15, 0.2) is 73.6 Å². The second-order valence-electron chi connectivity index (χ2n) is 5.80. The standard InChI is InChI=1S/C19H18N6O/c26-19(15-11-16-5-1-2-10-25(16)13-15)21-7-6-20-17-12-18(23-14-22-17)24-8-3-4-9-24/h1-5,8-14H,6-7H2,(H,21,26)(H,20,22,23). The number of aromatic nitrogens is 4. The Morgan fingerprint density at radius 1 is 1.00 bits per heavy atom. The Labute approximate surface area is 150 Å². The molecule has 0 atom stereocenters. The molecule has 4 rings (SSSR count). The minimum atomic E-state index is -0.0915. The summed E-state index contributed by atoms with van der Waals surface area (Å²) in [6.45, 7) is 1.06. The lowest BCUT2D eigenvalue weighted by atomic mass is 10.3. The Hall–Kier alpha value is -3.61. The first-order valence-electron chi connectivity index (χ1n) is 8.34. The van der Waals surface area contributed by atoms with Gasteiger partial charge in [0.05, 0.1) is 5.56 Å². The Morgan fingerprint density at radius 2 is 1.85 bits per heavy atom. The van der Waals surface area contributed by atoms with Crippen molar-refractivity contribution in [1.82, 2.24) is 24.3 Å². The molecule has 2 N–H and O–H groups in total.